The van der Waals surface area contributed by atoms with Crippen LogP contribution >= 0.6 is 24.8 Å². The molecule has 1 fully saturated rings. The van der Waals surface area contributed by atoms with Gasteiger partial charge in [0.2, 0.25) is 0 Å². The monoisotopic (exact) mass is 443 g/mol. The molecule has 4 heterocycles. The van der Waals surface area contributed by atoms with Crippen LogP contribution in [0.25, 0.3) is 11.1 Å². The lowest BCUT2D eigenvalue weighted by molar-refractivity contribution is -0.127. The molecule has 6 nitrogen and oxygen atoms in total. The molecule has 0 spiro atoms. The summed E-state index contributed by atoms with van der Waals surface area (Å²) in [4.78, 5) is 15.7. The third-order valence-corrected chi connectivity index (χ3v) is 6.80. The van der Waals surface area contributed by atoms with Crippen molar-refractivity contribution in [3.63, 3.8) is 0 Å². The summed E-state index contributed by atoms with van der Waals surface area (Å²) >= 11 is 1.58. The van der Waals surface area contributed by atoms with E-state index in [9.17, 15) is 9.90 Å². The first kappa shape index (κ1) is 21.1. The Bertz CT molecular complexity index is 1060. The fourth-order valence-corrected chi connectivity index (χ4v) is 5.55. The van der Waals surface area contributed by atoms with Crippen LogP contribution in [0.1, 0.15) is 35.4 Å². The Hall–Kier alpha value is -2.13. The number of aromatic nitrogens is 1. The molecule has 2 N–H and O–H groups in total. The average Bonchev–Trinajstić information content (AvgIpc) is 3.40. The number of carbonyl (C=O) groups is 1. The summed E-state index contributed by atoms with van der Waals surface area (Å²) in [5.41, 5.74) is 4.52. The van der Waals surface area contributed by atoms with Gasteiger partial charge in [-0.2, -0.15) is 24.8 Å². The first-order valence-electron chi connectivity index (χ1n) is 9.87. The van der Waals surface area contributed by atoms with E-state index < -0.39 is 11.6 Å². The molecule has 0 bridgehead atoms. The number of aliphatic hydroxyl groups is 1. The van der Waals surface area contributed by atoms with Crippen molar-refractivity contribution >= 4 is 36.4 Å². The van der Waals surface area contributed by atoms with Crippen LogP contribution in [0.5, 0.6) is 0 Å². The van der Waals surface area contributed by atoms with Crippen molar-refractivity contribution in [2.75, 3.05) is 18.4 Å². The lowest BCUT2D eigenvalue weighted by Gasteiger charge is -2.43. The topological polar surface area (TPSA) is 78.6 Å². The van der Waals surface area contributed by atoms with E-state index in [0.717, 1.165) is 58.8 Å². The van der Waals surface area contributed by atoms with Crippen molar-refractivity contribution in [1.29, 1.82) is 0 Å². The molecule has 30 heavy (non-hydrogen) atoms. The quantitative estimate of drug-likeness (QED) is 0.644. The molecular weight excluding hydrogens is 418 g/mol. The van der Waals surface area contributed by atoms with Gasteiger partial charge >= 0.3 is 0 Å². The van der Waals surface area contributed by atoms with E-state index in [0.29, 0.717) is 6.54 Å². The number of hydrogen-bond donors (Lipinski definition) is 2. The number of aliphatic hydroxyl groups excluding tert-OH is 1. The number of benzene rings is 1. The van der Waals surface area contributed by atoms with Crippen LogP contribution in [0.15, 0.2) is 39.5 Å². The van der Waals surface area contributed by atoms with Gasteiger partial charge in [-0.1, -0.05) is 11.2 Å². The molecule has 1 saturated heterocycles. The largest absolute Gasteiger partial charge is 0.392 e. The minimum atomic E-state index is -0.939. The summed E-state index contributed by atoms with van der Waals surface area (Å²) in [6, 6.07) is 8.06. The number of amides is 1. The molecule has 5 rings (SSSR count). The fourth-order valence-electron chi connectivity index (χ4n) is 4.85. The van der Waals surface area contributed by atoms with Gasteiger partial charge in [0.25, 0.3) is 5.91 Å². The third-order valence-electron chi connectivity index (χ3n) is 6.12. The molecule has 1 unspecified atom stereocenters. The average molecular weight is 444 g/mol. The number of rotatable bonds is 3. The number of thiophene rings is 1. The van der Waals surface area contributed by atoms with Gasteiger partial charge < -0.3 is 14.9 Å². The van der Waals surface area contributed by atoms with E-state index >= 15 is 0 Å². The number of likely N-dealkylation sites (tertiary alicyclic amines) is 1. The number of piperidine rings is 1. The molecule has 0 radical (unpaired) electrons. The van der Waals surface area contributed by atoms with Crippen LogP contribution in [0.4, 0.5) is 5.69 Å². The number of carbonyl (C=O) groups excluding carboxylic acids is 1. The molecule has 1 aromatic carbocycles. The highest BCUT2D eigenvalue weighted by atomic mass is 32.1. The minimum absolute atomic E-state index is 0. The van der Waals surface area contributed by atoms with E-state index in [1.165, 1.54) is 0 Å². The first-order valence-corrected chi connectivity index (χ1v) is 10.8. The minimum Gasteiger partial charge on any atom is -0.392 e. The highest BCUT2D eigenvalue weighted by Gasteiger charge is 2.53. The van der Waals surface area contributed by atoms with Crippen molar-refractivity contribution in [3.8, 4) is 11.1 Å². The van der Waals surface area contributed by atoms with Gasteiger partial charge in [-0.15, -0.1) is 0 Å². The molecular formula is C22H25N3O3S2. The predicted octanol–water partition coefficient (Wildman–Crippen LogP) is 3.79. The number of fused-ring (bicyclic) bond motifs is 1. The van der Waals surface area contributed by atoms with Gasteiger partial charge in [-0.05, 0) is 66.8 Å². The van der Waals surface area contributed by atoms with Crippen molar-refractivity contribution < 1.29 is 14.4 Å². The highest BCUT2D eigenvalue weighted by Crippen LogP contribution is 2.48. The SMILES string of the molecule is Cc1noc(C)c1-c1ccc2c(c1)C(c1ccsc1)(N1CCC[C@H](O)C1)C(=O)N2.S. The van der Waals surface area contributed by atoms with Crippen LogP contribution in [-0.4, -0.2) is 40.3 Å². The van der Waals surface area contributed by atoms with Crippen molar-refractivity contribution in [1.82, 2.24) is 10.1 Å². The molecule has 2 atom stereocenters. The van der Waals surface area contributed by atoms with Gasteiger partial charge in [0, 0.05) is 29.9 Å². The summed E-state index contributed by atoms with van der Waals surface area (Å²) in [6.45, 7) is 5.06. The summed E-state index contributed by atoms with van der Waals surface area (Å²) in [6.07, 6.45) is 1.20. The van der Waals surface area contributed by atoms with E-state index in [-0.39, 0.29) is 19.4 Å². The summed E-state index contributed by atoms with van der Waals surface area (Å²) in [5, 5.41) is 21.6. The van der Waals surface area contributed by atoms with Gasteiger partial charge in [-0.25, -0.2) is 0 Å². The smallest absolute Gasteiger partial charge is 0.254 e. The fraction of sp³-hybridized carbons (Fsp3) is 0.364. The Kier molecular flexibility index (Phi) is 5.52. The molecule has 2 aromatic heterocycles. The Morgan fingerprint density at radius 3 is 2.83 bits per heavy atom. The molecule has 1 amide bonds. The second-order valence-electron chi connectivity index (χ2n) is 7.88. The van der Waals surface area contributed by atoms with Crippen molar-refractivity contribution in [2.24, 2.45) is 0 Å². The molecule has 158 valence electrons. The third kappa shape index (κ3) is 3.01. The van der Waals surface area contributed by atoms with Crippen LogP contribution in [-0.2, 0) is 10.3 Å². The summed E-state index contributed by atoms with van der Waals surface area (Å²) in [7, 11) is 0. The zero-order valence-electron chi connectivity index (χ0n) is 16.9. The lowest BCUT2D eigenvalue weighted by Crippen LogP contribution is -2.56. The maximum atomic E-state index is 13.5. The number of nitrogens with zero attached hydrogens (tertiary/aromatic N) is 2. The number of anilines is 1. The molecule has 8 heteroatoms. The zero-order valence-corrected chi connectivity index (χ0v) is 18.8. The Morgan fingerprint density at radius 2 is 2.17 bits per heavy atom. The molecule has 2 aliphatic rings. The van der Waals surface area contributed by atoms with Crippen molar-refractivity contribution in [2.45, 2.75) is 38.3 Å². The van der Waals surface area contributed by atoms with Gasteiger partial charge in [0.05, 0.1) is 11.8 Å². The molecule has 0 aliphatic carbocycles. The lowest BCUT2D eigenvalue weighted by atomic mass is 9.81. The number of nitrogens with one attached hydrogen (secondary N) is 1. The maximum absolute atomic E-state index is 13.5. The van der Waals surface area contributed by atoms with E-state index in [4.69, 9.17) is 4.52 Å². The van der Waals surface area contributed by atoms with Gasteiger partial charge in [0.15, 0.2) is 5.54 Å². The summed E-state index contributed by atoms with van der Waals surface area (Å²) in [5.74, 6) is 0.699. The van der Waals surface area contributed by atoms with E-state index in [1.54, 1.807) is 11.3 Å². The standard InChI is InChI=1S/C22H23N3O3S.H2S/c1-13-20(14(2)28-24-13)15-5-6-19-18(10-15)22(21(27)23-19,16-7-9-29-12-16)25-8-3-4-17(26)11-25;/h5-7,9-10,12,17,26H,3-4,8,11H2,1-2H3,(H,23,27);1H2/t17-,22?;/m0./s1. The van der Waals surface area contributed by atoms with E-state index in [2.05, 4.69) is 21.4 Å². The summed E-state index contributed by atoms with van der Waals surface area (Å²) < 4.78 is 5.37. The van der Waals surface area contributed by atoms with Gasteiger partial charge in [0.1, 0.15) is 5.76 Å². The zero-order chi connectivity index (χ0) is 20.2. The van der Waals surface area contributed by atoms with Gasteiger partial charge in [-0.3, -0.25) is 9.69 Å². The predicted molar refractivity (Wildman–Crippen MR) is 122 cm³/mol. The van der Waals surface area contributed by atoms with Crippen LogP contribution in [0, 0.1) is 13.8 Å². The highest BCUT2D eigenvalue weighted by molar-refractivity contribution is 7.59. The van der Waals surface area contributed by atoms with Crippen LogP contribution < -0.4 is 5.32 Å². The van der Waals surface area contributed by atoms with Crippen molar-refractivity contribution in [3.05, 3.63) is 57.6 Å². The number of aryl methyl sites for hydroxylation is 2. The Morgan fingerprint density at radius 1 is 1.33 bits per heavy atom. The number of β-amino-alcohol motifs (C(OH)–C–C–N with tert-alkyl or cyclic N) is 1. The Balaban J connectivity index is 0.00000218. The van der Waals surface area contributed by atoms with Crippen LogP contribution in [0.3, 0.4) is 0 Å². The normalized spacial score (nSPS) is 23.7. The molecule has 0 saturated carbocycles. The molecule has 3 aromatic rings. The second kappa shape index (κ2) is 7.85. The number of hydrogen-bond acceptors (Lipinski definition) is 6. The van der Waals surface area contributed by atoms with Crippen LogP contribution in [0.2, 0.25) is 0 Å². The Labute approximate surface area is 186 Å². The first-order chi connectivity index (χ1) is 14.0. The second-order valence-corrected chi connectivity index (χ2v) is 8.66. The molecule has 2 aliphatic heterocycles. The van der Waals surface area contributed by atoms with E-state index in [1.807, 2.05) is 42.8 Å². The maximum Gasteiger partial charge on any atom is 0.254 e.